The Morgan fingerprint density at radius 3 is 1.41 bits per heavy atom. The van der Waals surface area contributed by atoms with E-state index < -0.39 is 0 Å². The Balaban J connectivity index is 0. The summed E-state index contributed by atoms with van der Waals surface area (Å²) in [5.74, 6) is 14.1. The quantitative estimate of drug-likeness (QED) is 0.221. The fourth-order valence-electron chi connectivity index (χ4n) is 0.449. The number of azo groups is 1. The molecule has 0 saturated heterocycles. The molecular weight excluding hydrogens is 236 g/mol. The van der Waals surface area contributed by atoms with E-state index in [4.69, 9.17) is 0 Å². The molecular formula is C2H12N14O. The van der Waals surface area contributed by atoms with Crippen molar-refractivity contribution in [3.05, 3.63) is 0 Å². The number of quaternary nitrogens is 2. The third kappa shape index (κ3) is 6.59. The molecule has 15 heteroatoms. The van der Waals surface area contributed by atoms with E-state index in [1.807, 2.05) is 0 Å². The Kier molecular flexibility index (Phi) is 11.6. The number of tetrazole rings is 2. The summed E-state index contributed by atoms with van der Waals surface area (Å²) in [6, 6.07) is 0. The van der Waals surface area contributed by atoms with Crippen molar-refractivity contribution in [2.75, 3.05) is 0 Å². The van der Waals surface area contributed by atoms with Crippen LogP contribution in [-0.4, -0.2) is 36.5 Å². The Morgan fingerprint density at radius 1 is 0.824 bits per heavy atom. The van der Waals surface area contributed by atoms with Gasteiger partial charge in [-0.25, -0.2) is 10.2 Å². The number of aromatic nitrogens is 8. The molecule has 0 atom stereocenters. The van der Waals surface area contributed by atoms with E-state index in [1.165, 1.54) is 0 Å². The van der Waals surface area contributed by atoms with Gasteiger partial charge in [0.2, 0.25) is 0 Å². The summed E-state index contributed by atoms with van der Waals surface area (Å²) >= 11 is 0. The van der Waals surface area contributed by atoms with Crippen LogP contribution in [0.5, 0.6) is 0 Å². The minimum Gasteiger partial charge on any atom is -0.412 e. The molecule has 12 N–H and O–H groups in total. The summed E-state index contributed by atoms with van der Waals surface area (Å²) < 4.78 is 0. The second kappa shape index (κ2) is 11.6. The maximum absolute atomic E-state index is 4.25. The van der Waals surface area contributed by atoms with Crippen LogP contribution in [-0.2, 0) is 0 Å². The van der Waals surface area contributed by atoms with Gasteiger partial charge in [-0.2, -0.15) is 22.1 Å². The number of hydrogen-bond acceptors (Lipinski definition) is 10. The van der Waals surface area contributed by atoms with Crippen LogP contribution < -0.4 is 33.6 Å². The molecule has 0 aliphatic heterocycles. The fraction of sp³-hybridized carbons (Fsp3) is 0. The second-order valence-corrected chi connectivity index (χ2v) is 1.56. The standard InChI is InChI=1S/C2N10.2H4N2.H2O/c3(1-5-9-10-6-1)4-2-7-11-12-8-2;2*1-2;/h;2*1-2H2;1H2/q-2;;;/p+2/b4-3+;;;. The van der Waals surface area contributed by atoms with Crippen molar-refractivity contribution in [2.24, 2.45) is 21.9 Å². The van der Waals surface area contributed by atoms with Gasteiger partial charge in [0.25, 0.3) is 0 Å². The minimum atomic E-state index is 0. The lowest BCUT2D eigenvalue weighted by atomic mass is 11.1. The Labute approximate surface area is 93.3 Å². The molecule has 0 saturated carbocycles. The van der Waals surface area contributed by atoms with Crippen LogP contribution in [0.4, 0.5) is 11.9 Å². The Hall–Kier alpha value is -2.46. The van der Waals surface area contributed by atoms with Gasteiger partial charge in [-0.15, -0.1) is 10.4 Å². The minimum absolute atomic E-state index is 0. The fourth-order valence-corrected chi connectivity index (χ4v) is 0.449. The molecule has 2 aromatic heterocycles. The van der Waals surface area contributed by atoms with Gasteiger partial charge in [-0.3, -0.25) is 32.1 Å². The summed E-state index contributed by atoms with van der Waals surface area (Å²) in [4.78, 5) is 0. The van der Waals surface area contributed by atoms with Crippen molar-refractivity contribution in [1.29, 1.82) is 0 Å². The van der Waals surface area contributed by atoms with Crippen LogP contribution in [0.1, 0.15) is 0 Å². The molecule has 0 fully saturated rings. The van der Waals surface area contributed by atoms with Crippen LogP contribution in [0.15, 0.2) is 10.2 Å². The van der Waals surface area contributed by atoms with E-state index in [9.17, 15) is 0 Å². The van der Waals surface area contributed by atoms with Gasteiger partial charge < -0.3 is 5.48 Å². The van der Waals surface area contributed by atoms with Gasteiger partial charge in [-0.1, -0.05) is 0 Å². The molecule has 0 radical (unpaired) electrons. The first-order chi connectivity index (χ1) is 7.95. The van der Waals surface area contributed by atoms with Crippen molar-refractivity contribution >= 4 is 11.9 Å². The van der Waals surface area contributed by atoms with E-state index in [2.05, 4.69) is 74.8 Å². The lowest BCUT2D eigenvalue weighted by Crippen LogP contribution is -2.59. The topological polar surface area (TPSA) is 269 Å². The van der Waals surface area contributed by atoms with Crippen molar-refractivity contribution in [3.63, 3.8) is 0 Å². The molecule has 2 aromatic rings. The maximum atomic E-state index is 4.25. The first kappa shape index (κ1) is 17.0. The van der Waals surface area contributed by atoms with Gasteiger partial charge in [-0.05, 0) is 0 Å². The molecule has 96 valence electrons. The van der Waals surface area contributed by atoms with Gasteiger partial charge in [0, 0.05) is 0 Å². The zero-order chi connectivity index (χ0) is 12.2. The molecule has 0 aromatic carbocycles. The molecule has 0 unspecified atom stereocenters. The normalized spacial score (nSPS) is 8.47. The highest BCUT2D eigenvalue weighted by molar-refractivity contribution is 5.10. The van der Waals surface area contributed by atoms with Crippen LogP contribution in [0, 0.1) is 0 Å². The first-order valence-electron chi connectivity index (χ1n) is 3.56. The average molecular weight is 248 g/mol. The monoisotopic (exact) mass is 248 g/mol. The highest BCUT2D eigenvalue weighted by atomic mass is 16.0. The predicted octanol–water partition coefficient (Wildman–Crippen LogP) is -6.23. The highest BCUT2D eigenvalue weighted by Crippen LogP contribution is 2.03. The van der Waals surface area contributed by atoms with E-state index in [1.54, 1.807) is 0 Å². The number of nitrogens with two attached hydrogens (primary N) is 2. The summed E-state index contributed by atoms with van der Waals surface area (Å²) in [5, 5.41) is 33.3. The highest BCUT2D eigenvalue weighted by Gasteiger charge is 1.79. The lowest BCUT2D eigenvalue weighted by Gasteiger charge is -1.91. The smallest absolute Gasteiger partial charge is 0.117 e. The number of hydrogen-bond donors (Lipinski definition) is 4. The summed E-state index contributed by atoms with van der Waals surface area (Å²) in [5.41, 5.74) is 0. The Bertz CT molecular complexity index is 311. The average Bonchev–Trinajstić information content (AvgIpc) is 3.05. The summed E-state index contributed by atoms with van der Waals surface area (Å²) in [6.45, 7) is 0. The van der Waals surface area contributed by atoms with Gasteiger partial charge in [0.1, 0.15) is 11.9 Å². The van der Waals surface area contributed by atoms with Gasteiger partial charge in [0.15, 0.2) is 0 Å². The van der Waals surface area contributed by atoms with E-state index >= 15 is 0 Å². The first-order valence-corrected chi connectivity index (χ1v) is 3.56. The predicted molar refractivity (Wildman–Crippen MR) is 48.2 cm³/mol. The molecule has 2 heterocycles. The molecule has 0 amide bonds. The van der Waals surface area contributed by atoms with Crippen molar-refractivity contribution in [2.45, 2.75) is 0 Å². The van der Waals surface area contributed by atoms with Crippen LogP contribution in [0.25, 0.3) is 0 Å². The van der Waals surface area contributed by atoms with Crippen LogP contribution in [0.3, 0.4) is 0 Å². The zero-order valence-corrected chi connectivity index (χ0v) is 8.54. The third-order valence-corrected chi connectivity index (χ3v) is 0.846. The molecule has 17 heavy (non-hydrogen) atoms. The van der Waals surface area contributed by atoms with Crippen molar-refractivity contribution in [1.82, 2.24) is 41.2 Å². The maximum Gasteiger partial charge on any atom is 0.117 e. The molecule has 0 bridgehead atoms. The summed E-state index contributed by atoms with van der Waals surface area (Å²) in [6.07, 6.45) is 0. The second-order valence-electron chi connectivity index (χ2n) is 1.56. The van der Waals surface area contributed by atoms with E-state index in [-0.39, 0.29) is 17.4 Å². The lowest BCUT2D eigenvalue weighted by molar-refractivity contribution is -0.379. The molecule has 0 spiro atoms. The SMILES string of the molecule is N(=N\c1nnn[n-]1)/c1nnn[n-]1.N[NH3+].N[NH3+].O. The van der Waals surface area contributed by atoms with Crippen molar-refractivity contribution < 1.29 is 17.2 Å². The van der Waals surface area contributed by atoms with Crippen molar-refractivity contribution in [3.8, 4) is 0 Å². The largest absolute Gasteiger partial charge is 0.412 e. The summed E-state index contributed by atoms with van der Waals surface area (Å²) in [7, 11) is 0. The molecule has 15 nitrogen and oxygen atoms in total. The van der Waals surface area contributed by atoms with Crippen LogP contribution >= 0.6 is 0 Å². The molecule has 0 aliphatic rings. The number of nitrogens with zero attached hydrogens (tertiary/aromatic N) is 10. The van der Waals surface area contributed by atoms with Gasteiger partial charge >= 0.3 is 0 Å². The molecule has 0 aliphatic carbocycles. The van der Waals surface area contributed by atoms with E-state index in [0.717, 1.165) is 0 Å². The van der Waals surface area contributed by atoms with Gasteiger partial charge in [0.05, 0.1) is 0 Å². The Morgan fingerprint density at radius 2 is 1.18 bits per heavy atom. The van der Waals surface area contributed by atoms with E-state index in [0.29, 0.717) is 0 Å². The molecule has 2 rings (SSSR count). The zero-order valence-electron chi connectivity index (χ0n) is 8.54. The van der Waals surface area contributed by atoms with Crippen LogP contribution in [0.2, 0.25) is 0 Å². The number of rotatable bonds is 2. The third-order valence-electron chi connectivity index (χ3n) is 0.846.